The van der Waals surface area contributed by atoms with Crippen LogP contribution in [0.4, 0.5) is 0 Å². The molecule has 0 saturated heterocycles. The highest BCUT2D eigenvalue weighted by Gasteiger charge is 2.07. The van der Waals surface area contributed by atoms with Gasteiger partial charge in [0, 0.05) is 6.20 Å². The number of hydrogen-bond acceptors (Lipinski definition) is 3. The number of ether oxygens (including phenoxy) is 1. The topological polar surface area (TPSA) is 39.2 Å². The maximum atomic E-state index is 11.6. The summed E-state index contributed by atoms with van der Waals surface area (Å²) in [5.74, 6) is -0.395. The second kappa shape index (κ2) is 5.25. The summed E-state index contributed by atoms with van der Waals surface area (Å²) in [5.41, 5.74) is 2.32. The second-order valence-electron chi connectivity index (χ2n) is 3.78. The number of carbonyl (C=O) groups is 1. The van der Waals surface area contributed by atoms with E-state index in [9.17, 15) is 4.79 Å². The maximum Gasteiger partial charge on any atom is 0.357 e. The average molecular weight is 227 g/mol. The standard InChI is InChI=1S/C14H13NO2/c1-11-7-8-13(15-9-11)14(16)17-10-12-5-3-2-4-6-12/h2-9H,10H2,1H3. The first kappa shape index (κ1) is 11.3. The van der Waals surface area contributed by atoms with Crippen LogP contribution in [0.5, 0.6) is 0 Å². The largest absolute Gasteiger partial charge is 0.456 e. The number of hydrogen-bond donors (Lipinski definition) is 0. The highest BCUT2D eigenvalue weighted by molar-refractivity contribution is 5.87. The molecule has 17 heavy (non-hydrogen) atoms. The van der Waals surface area contributed by atoms with Gasteiger partial charge < -0.3 is 4.74 Å². The zero-order chi connectivity index (χ0) is 12.1. The molecule has 0 aliphatic carbocycles. The van der Waals surface area contributed by atoms with Gasteiger partial charge in [0.15, 0.2) is 0 Å². The van der Waals surface area contributed by atoms with Gasteiger partial charge in [-0.25, -0.2) is 9.78 Å². The van der Waals surface area contributed by atoms with Crippen molar-refractivity contribution in [2.75, 3.05) is 0 Å². The van der Waals surface area contributed by atoms with Gasteiger partial charge in [-0.3, -0.25) is 0 Å². The zero-order valence-electron chi connectivity index (χ0n) is 9.59. The number of pyridine rings is 1. The highest BCUT2D eigenvalue weighted by Crippen LogP contribution is 2.05. The molecule has 0 amide bonds. The predicted octanol–water partition coefficient (Wildman–Crippen LogP) is 2.75. The molecule has 1 aromatic carbocycles. The third-order valence-electron chi connectivity index (χ3n) is 2.33. The molecule has 2 aromatic rings. The lowest BCUT2D eigenvalue weighted by Crippen LogP contribution is -2.07. The summed E-state index contributed by atoms with van der Waals surface area (Å²) in [6, 6.07) is 13.1. The highest BCUT2D eigenvalue weighted by atomic mass is 16.5. The number of rotatable bonds is 3. The summed E-state index contributed by atoms with van der Waals surface area (Å²) in [6.07, 6.45) is 1.65. The molecule has 0 fully saturated rings. The van der Waals surface area contributed by atoms with E-state index in [0.29, 0.717) is 5.69 Å². The van der Waals surface area contributed by atoms with Crippen molar-refractivity contribution in [2.45, 2.75) is 13.5 Å². The molecular weight excluding hydrogens is 214 g/mol. The molecule has 86 valence electrons. The van der Waals surface area contributed by atoms with Crippen LogP contribution in [-0.2, 0) is 11.3 Å². The van der Waals surface area contributed by atoms with E-state index in [4.69, 9.17) is 4.74 Å². The molecule has 0 N–H and O–H groups in total. The van der Waals surface area contributed by atoms with Crippen LogP contribution >= 0.6 is 0 Å². The Hall–Kier alpha value is -2.16. The number of aryl methyl sites for hydroxylation is 1. The Labute approximate surface area is 100 Å². The third-order valence-corrected chi connectivity index (χ3v) is 2.33. The van der Waals surface area contributed by atoms with Gasteiger partial charge in [0.1, 0.15) is 12.3 Å². The zero-order valence-corrected chi connectivity index (χ0v) is 9.59. The lowest BCUT2D eigenvalue weighted by atomic mass is 10.2. The molecule has 0 aliphatic rings. The second-order valence-corrected chi connectivity index (χ2v) is 3.78. The van der Waals surface area contributed by atoms with Crippen LogP contribution in [0, 0.1) is 6.92 Å². The Morgan fingerprint density at radius 2 is 1.94 bits per heavy atom. The Bertz CT molecular complexity index is 491. The molecule has 0 unspecified atom stereocenters. The van der Waals surface area contributed by atoms with E-state index < -0.39 is 5.97 Å². The van der Waals surface area contributed by atoms with Crippen molar-refractivity contribution in [3.05, 3.63) is 65.5 Å². The summed E-state index contributed by atoms with van der Waals surface area (Å²) in [6.45, 7) is 2.20. The van der Waals surface area contributed by atoms with Crippen LogP contribution in [0.1, 0.15) is 21.6 Å². The van der Waals surface area contributed by atoms with Crippen LogP contribution in [0.3, 0.4) is 0 Å². The van der Waals surface area contributed by atoms with Crippen LogP contribution in [0.25, 0.3) is 0 Å². The third kappa shape index (κ3) is 3.14. The van der Waals surface area contributed by atoms with E-state index in [-0.39, 0.29) is 6.61 Å². The molecule has 0 radical (unpaired) electrons. The van der Waals surface area contributed by atoms with E-state index in [1.807, 2.05) is 43.3 Å². The SMILES string of the molecule is Cc1ccc(C(=O)OCc2ccccc2)nc1. The van der Waals surface area contributed by atoms with Crippen LogP contribution in [0.2, 0.25) is 0 Å². The van der Waals surface area contributed by atoms with Gasteiger partial charge in [0.05, 0.1) is 0 Å². The first-order valence-corrected chi connectivity index (χ1v) is 5.39. The van der Waals surface area contributed by atoms with Gasteiger partial charge in [0.2, 0.25) is 0 Å². The molecular formula is C14H13NO2. The normalized spacial score (nSPS) is 9.94. The van der Waals surface area contributed by atoms with Gasteiger partial charge in [0.25, 0.3) is 0 Å². The molecule has 3 nitrogen and oxygen atoms in total. The van der Waals surface area contributed by atoms with E-state index >= 15 is 0 Å². The fraction of sp³-hybridized carbons (Fsp3) is 0.143. The van der Waals surface area contributed by atoms with Crippen molar-refractivity contribution in [2.24, 2.45) is 0 Å². The van der Waals surface area contributed by atoms with Crippen molar-refractivity contribution in [3.63, 3.8) is 0 Å². The quantitative estimate of drug-likeness (QED) is 0.757. The van der Waals surface area contributed by atoms with Crippen LogP contribution < -0.4 is 0 Å². The van der Waals surface area contributed by atoms with Crippen LogP contribution in [0.15, 0.2) is 48.7 Å². The number of carbonyl (C=O) groups excluding carboxylic acids is 1. The van der Waals surface area contributed by atoms with Crippen molar-refractivity contribution in [1.29, 1.82) is 0 Å². The Balaban J connectivity index is 1.96. The summed E-state index contributed by atoms with van der Waals surface area (Å²) in [4.78, 5) is 15.7. The molecule has 0 aliphatic heterocycles. The van der Waals surface area contributed by atoms with Crippen molar-refractivity contribution >= 4 is 5.97 Å². The molecule has 0 atom stereocenters. The van der Waals surface area contributed by atoms with Crippen molar-refractivity contribution in [3.8, 4) is 0 Å². The first-order valence-electron chi connectivity index (χ1n) is 5.39. The number of aromatic nitrogens is 1. The molecule has 2 rings (SSSR count). The minimum atomic E-state index is -0.395. The fourth-order valence-corrected chi connectivity index (χ4v) is 1.39. The van der Waals surface area contributed by atoms with Gasteiger partial charge in [-0.1, -0.05) is 36.4 Å². The van der Waals surface area contributed by atoms with E-state index in [2.05, 4.69) is 4.98 Å². The van der Waals surface area contributed by atoms with Crippen molar-refractivity contribution < 1.29 is 9.53 Å². The predicted molar refractivity (Wildman–Crippen MR) is 64.5 cm³/mol. The van der Waals surface area contributed by atoms with E-state index in [1.165, 1.54) is 0 Å². The summed E-state index contributed by atoms with van der Waals surface area (Å²) >= 11 is 0. The number of benzene rings is 1. The maximum absolute atomic E-state index is 11.6. The van der Waals surface area contributed by atoms with Crippen molar-refractivity contribution in [1.82, 2.24) is 4.98 Å². The summed E-state index contributed by atoms with van der Waals surface area (Å²) in [5, 5.41) is 0. The first-order chi connectivity index (χ1) is 8.25. The number of esters is 1. The Morgan fingerprint density at radius 3 is 2.59 bits per heavy atom. The minimum absolute atomic E-state index is 0.273. The molecule has 0 bridgehead atoms. The molecule has 0 spiro atoms. The Kier molecular flexibility index (Phi) is 3.50. The lowest BCUT2D eigenvalue weighted by molar-refractivity contribution is 0.0466. The fourth-order valence-electron chi connectivity index (χ4n) is 1.39. The van der Waals surface area contributed by atoms with E-state index in [1.54, 1.807) is 12.3 Å². The monoisotopic (exact) mass is 227 g/mol. The van der Waals surface area contributed by atoms with Gasteiger partial charge in [-0.05, 0) is 24.1 Å². The molecule has 1 aromatic heterocycles. The average Bonchev–Trinajstić information content (AvgIpc) is 2.38. The number of nitrogens with zero attached hydrogens (tertiary/aromatic N) is 1. The van der Waals surface area contributed by atoms with Gasteiger partial charge in [-0.2, -0.15) is 0 Å². The van der Waals surface area contributed by atoms with Crippen LogP contribution in [-0.4, -0.2) is 11.0 Å². The Morgan fingerprint density at radius 1 is 1.18 bits per heavy atom. The van der Waals surface area contributed by atoms with E-state index in [0.717, 1.165) is 11.1 Å². The summed E-state index contributed by atoms with van der Waals surface area (Å²) in [7, 11) is 0. The summed E-state index contributed by atoms with van der Waals surface area (Å²) < 4.78 is 5.15. The van der Waals surface area contributed by atoms with Gasteiger partial charge in [-0.15, -0.1) is 0 Å². The lowest BCUT2D eigenvalue weighted by Gasteiger charge is -2.04. The molecule has 1 heterocycles. The molecule has 0 saturated carbocycles. The minimum Gasteiger partial charge on any atom is -0.456 e. The van der Waals surface area contributed by atoms with Gasteiger partial charge >= 0.3 is 5.97 Å². The molecule has 3 heteroatoms. The smallest absolute Gasteiger partial charge is 0.357 e.